The van der Waals surface area contributed by atoms with Gasteiger partial charge in [0.15, 0.2) is 5.78 Å². The van der Waals surface area contributed by atoms with Crippen LogP contribution in [0.4, 0.5) is 0 Å². The van der Waals surface area contributed by atoms with E-state index in [0.29, 0.717) is 5.56 Å². The van der Waals surface area contributed by atoms with Gasteiger partial charge >= 0.3 is 0 Å². The fourth-order valence-corrected chi connectivity index (χ4v) is 3.78. The minimum Gasteiger partial charge on any atom is -0.289 e. The van der Waals surface area contributed by atoms with Gasteiger partial charge in [-0.25, -0.2) is 0 Å². The standard InChI is InChI=1S/C23H15NO/c1-14-18-10-6-5-9-16(18)11-19-21(14)22-20(23(19)25)12-17(13-24-22)15-7-3-2-4-8-15/h2-13H,1H3. The Morgan fingerprint density at radius 3 is 2.40 bits per heavy atom. The van der Waals surface area contributed by atoms with E-state index in [1.165, 1.54) is 5.39 Å². The quantitative estimate of drug-likeness (QED) is 0.412. The van der Waals surface area contributed by atoms with Crippen molar-refractivity contribution >= 4 is 16.6 Å². The molecule has 0 amide bonds. The fourth-order valence-electron chi connectivity index (χ4n) is 3.78. The van der Waals surface area contributed by atoms with Gasteiger partial charge in [-0.05, 0) is 41.0 Å². The largest absolute Gasteiger partial charge is 0.289 e. The summed E-state index contributed by atoms with van der Waals surface area (Å²) in [6.07, 6.45) is 1.87. The summed E-state index contributed by atoms with van der Waals surface area (Å²) in [7, 11) is 0. The maximum Gasteiger partial charge on any atom is 0.195 e. The lowest BCUT2D eigenvalue weighted by Crippen LogP contribution is -1.96. The van der Waals surface area contributed by atoms with Crippen LogP contribution < -0.4 is 0 Å². The Hall–Kier alpha value is -3.26. The smallest absolute Gasteiger partial charge is 0.195 e. The molecule has 0 radical (unpaired) electrons. The van der Waals surface area contributed by atoms with E-state index < -0.39 is 0 Å². The summed E-state index contributed by atoms with van der Waals surface area (Å²) in [4.78, 5) is 17.7. The molecule has 0 saturated heterocycles. The summed E-state index contributed by atoms with van der Waals surface area (Å²) in [6, 6.07) is 22.2. The summed E-state index contributed by atoms with van der Waals surface area (Å²) >= 11 is 0. The maximum atomic E-state index is 13.0. The number of fused-ring (bicyclic) bond motifs is 4. The van der Waals surface area contributed by atoms with Crippen LogP contribution >= 0.6 is 0 Å². The first-order chi connectivity index (χ1) is 12.2. The normalized spacial score (nSPS) is 12.3. The topological polar surface area (TPSA) is 30.0 Å². The Kier molecular flexibility index (Phi) is 2.89. The second-order valence-corrected chi connectivity index (χ2v) is 6.46. The summed E-state index contributed by atoms with van der Waals surface area (Å²) in [5, 5.41) is 2.28. The lowest BCUT2D eigenvalue weighted by molar-refractivity contribution is 0.104. The van der Waals surface area contributed by atoms with Gasteiger partial charge in [0.2, 0.25) is 0 Å². The average molecular weight is 321 g/mol. The molecule has 0 fully saturated rings. The average Bonchev–Trinajstić information content (AvgIpc) is 2.95. The van der Waals surface area contributed by atoms with Gasteiger partial charge in [0, 0.05) is 28.5 Å². The molecule has 0 aliphatic heterocycles. The van der Waals surface area contributed by atoms with Gasteiger partial charge < -0.3 is 0 Å². The van der Waals surface area contributed by atoms with Gasteiger partial charge in [-0.3, -0.25) is 9.78 Å². The number of nitrogens with zero attached hydrogens (tertiary/aromatic N) is 1. The van der Waals surface area contributed by atoms with Crippen LogP contribution in [0.5, 0.6) is 0 Å². The molecule has 5 rings (SSSR count). The Morgan fingerprint density at radius 2 is 1.56 bits per heavy atom. The van der Waals surface area contributed by atoms with Gasteiger partial charge in [-0.15, -0.1) is 0 Å². The molecular weight excluding hydrogens is 306 g/mol. The number of aryl methyl sites for hydroxylation is 1. The third-order valence-electron chi connectivity index (χ3n) is 5.03. The first-order valence-electron chi connectivity index (χ1n) is 8.37. The Balaban J connectivity index is 1.77. The molecule has 0 atom stereocenters. The number of hydrogen-bond acceptors (Lipinski definition) is 2. The van der Waals surface area contributed by atoms with Crippen molar-refractivity contribution in [1.29, 1.82) is 0 Å². The van der Waals surface area contributed by atoms with Gasteiger partial charge in [0.1, 0.15) is 0 Å². The molecule has 0 saturated carbocycles. The molecule has 0 bridgehead atoms. The molecule has 0 N–H and O–H groups in total. The van der Waals surface area contributed by atoms with E-state index in [-0.39, 0.29) is 5.78 Å². The zero-order chi connectivity index (χ0) is 17.0. The highest BCUT2D eigenvalue weighted by Crippen LogP contribution is 2.41. The Bertz CT molecular complexity index is 1160. The molecule has 4 aromatic rings. The molecular formula is C23H15NO. The van der Waals surface area contributed by atoms with Crippen LogP contribution in [0.2, 0.25) is 0 Å². The van der Waals surface area contributed by atoms with Crippen LogP contribution in [-0.4, -0.2) is 10.8 Å². The predicted octanol–water partition coefficient (Wildman–Crippen LogP) is 5.42. The first kappa shape index (κ1) is 14.1. The van der Waals surface area contributed by atoms with Crippen LogP contribution in [0.15, 0.2) is 72.9 Å². The summed E-state index contributed by atoms with van der Waals surface area (Å²) in [6.45, 7) is 2.08. The molecule has 0 unspecified atom stereocenters. The second-order valence-electron chi connectivity index (χ2n) is 6.46. The molecule has 3 aromatic carbocycles. The van der Waals surface area contributed by atoms with Gasteiger partial charge in [0.05, 0.1) is 5.69 Å². The highest BCUT2D eigenvalue weighted by molar-refractivity contribution is 6.23. The number of hydrogen-bond donors (Lipinski definition) is 0. The van der Waals surface area contributed by atoms with E-state index in [1.54, 1.807) is 0 Å². The van der Waals surface area contributed by atoms with Crippen molar-refractivity contribution in [1.82, 2.24) is 4.98 Å². The van der Waals surface area contributed by atoms with Crippen molar-refractivity contribution in [3.63, 3.8) is 0 Å². The summed E-state index contributed by atoms with van der Waals surface area (Å²) in [5.41, 5.74) is 6.44. The number of aromatic nitrogens is 1. The zero-order valence-electron chi connectivity index (χ0n) is 13.8. The molecule has 1 aliphatic rings. The van der Waals surface area contributed by atoms with E-state index >= 15 is 0 Å². The van der Waals surface area contributed by atoms with Crippen molar-refractivity contribution in [3.05, 3.63) is 89.6 Å². The molecule has 0 spiro atoms. The van der Waals surface area contributed by atoms with Gasteiger partial charge in [0.25, 0.3) is 0 Å². The van der Waals surface area contributed by atoms with E-state index in [2.05, 4.69) is 24.0 Å². The van der Waals surface area contributed by atoms with E-state index in [9.17, 15) is 4.79 Å². The van der Waals surface area contributed by atoms with Gasteiger partial charge in [-0.1, -0.05) is 54.6 Å². The molecule has 1 aliphatic carbocycles. The number of carbonyl (C=O) groups excluding carboxylic acids is 1. The minimum absolute atomic E-state index is 0.0733. The third kappa shape index (κ3) is 1.97. The maximum absolute atomic E-state index is 13.0. The lowest BCUT2D eigenvalue weighted by Gasteiger charge is -2.09. The number of rotatable bonds is 1. The Morgan fingerprint density at radius 1 is 0.800 bits per heavy atom. The fraction of sp³-hybridized carbons (Fsp3) is 0.0435. The SMILES string of the molecule is Cc1c2c(cc3ccccc13)C(=O)c1cc(-c3ccccc3)cnc1-2. The third-order valence-corrected chi connectivity index (χ3v) is 5.03. The first-order valence-corrected chi connectivity index (χ1v) is 8.37. The Labute approximate surface area is 145 Å². The van der Waals surface area contributed by atoms with Crippen LogP contribution in [0.3, 0.4) is 0 Å². The zero-order valence-corrected chi connectivity index (χ0v) is 13.8. The van der Waals surface area contributed by atoms with Gasteiger partial charge in [-0.2, -0.15) is 0 Å². The van der Waals surface area contributed by atoms with Crippen LogP contribution in [-0.2, 0) is 0 Å². The molecule has 2 heteroatoms. The monoisotopic (exact) mass is 321 g/mol. The van der Waals surface area contributed by atoms with Crippen molar-refractivity contribution < 1.29 is 4.79 Å². The molecule has 1 aromatic heterocycles. The minimum atomic E-state index is 0.0733. The van der Waals surface area contributed by atoms with E-state index in [4.69, 9.17) is 0 Å². The van der Waals surface area contributed by atoms with Crippen molar-refractivity contribution in [2.45, 2.75) is 6.92 Å². The number of pyridine rings is 1. The predicted molar refractivity (Wildman–Crippen MR) is 101 cm³/mol. The van der Waals surface area contributed by atoms with Crippen LogP contribution in [0.25, 0.3) is 33.2 Å². The highest BCUT2D eigenvalue weighted by atomic mass is 16.1. The number of carbonyl (C=O) groups is 1. The lowest BCUT2D eigenvalue weighted by atomic mass is 9.96. The number of ketones is 1. The summed E-state index contributed by atoms with van der Waals surface area (Å²) < 4.78 is 0. The number of benzene rings is 3. The second kappa shape index (κ2) is 5.12. The van der Waals surface area contributed by atoms with E-state index in [1.807, 2.05) is 60.8 Å². The van der Waals surface area contributed by atoms with Crippen molar-refractivity contribution in [3.8, 4) is 22.4 Å². The summed E-state index contributed by atoms with van der Waals surface area (Å²) in [5.74, 6) is 0.0733. The molecule has 2 nitrogen and oxygen atoms in total. The molecule has 25 heavy (non-hydrogen) atoms. The van der Waals surface area contributed by atoms with Crippen LogP contribution in [0.1, 0.15) is 21.5 Å². The van der Waals surface area contributed by atoms with E-state index in [0.717, 1.165) is 38.9 Å². The van der Waals surface area contributed by atoms with Crippen LogP contribution in [0, 0.1) is 6.92 Å². The van der Waals surface area contributed by atoms with Crippen molar-refractivity contribution in [2.24, 2.45) is 0 Å². The molecule has 118 valence electrons. The molecule has 1 heterocycles. The highest BCUT2D eigenvalue weighted by Gasteiger charge is 2.30. The van der Waals surface area contributed by atoms with Crippen molar-refractivity contribution in [2.75, 3.05) is 0 Å².